The van der Waals surface area contributed by atoms with Crippen molar-refractivity contribution in [2.45, 2.75) is 64.7 Å². The van der Waals surface area contributed by atoms with E-state index in [9.17, 15) is 0 Å². The van der Waals surface area contributed by atoms with Gasteiger partial charge in [0.2, 0.25) is 0 Å². The van der Waals surface area contributed by atoms with Crippen LogP contribution >= 0.6 is 0 Å². The van der Waals surface area contributed by atoms with Gasteiger partial charge in [0.1, 0.15) is 0 Å². The SMILES string of the molecule is CCCCCCCCCCN1CCCOC1. The molecule has 0 aromatic carbocycles. The molecule has 1 aliphatic rings. The minimum atomic E-state index is 0.872. The minimum Gasteiger partial charge on any atom is -0.366 e. The molecule has 0 aliphatic carbocycles. The first-order valence-electron chi connectivity index (χ1n) is 7.23. The Bertz CT molecular complexity index is 144. The third-order valence-electron chi connectivity index (χ3n) is 3.36. The van der Waals surface area contributed by atoms with Gasteiger partial charge in [0, 0.05) is 19.7 Å². The van der Waals surface area contributed by atoms with Crippen molar-refractivity contribution in [3.8, 4) is 0 Å². The van der Waals surface area contributed by atoms with Crippen molar-refractivity contribution in [2.24, 2.45) is 0 Å². The highest BCUT2D eigenvalue weighted by molar-refractivity contribution is 4.58. The second kappa shape index (κ2) is 10.1. The highest BCUT2D eigenvalue weighted by atomic mass is 16.5. The van der Waals surface area contributed by atoms with Crippen molar-refractivity contribution in [1.82, 2.24) is 4.90 Å². The number of ether oxygens (including phenoxy) is 1. The van der Waals surface area contributed by atoms with Crippen molar-refractivity contribution < 1.29 is 4.74 Å². The van der Waals surface area contributed by atoms with Crippen LogP contribution in [0.25, 0.3) is 0 Å². The lowest BCUT2D eigenvalue weighted by molar-refractivity contribution is -0.0138. The summed E-state index contributed by atoms with van der Waals surface area (Å²) < 4.78 is 5.43. The second-order valence-corrected chi connectivity index (χ2v) is 4.98. The molecule has 1 saturated heterocycles. The highest BCUT2D eigenvalue weighted by Crippen LogP contribution is 2.09. The van der Waals surface area contributed by atoms with Gasteiger partial charge in [-0.1, -0.05) is 51.9 Å². The van der Waals surface area contributed by atoms with Crippen LogP contribution in [0.5, 0.6) is 0 Å². The van der Waals surface area contributed by atoms with E-state index in [-0.39, 0.29) is 0 Å². The maximum absolute atomic E-state index is 5.43. The molecule has 1 heterocycles. The molecule has 0 aromatic rings. The molecule has 0 spiro atoms. The van der Waals surface area contributed by atoms with Crippen LogP contribution in [0.4, 0.5) is 0 Å². The van der Waals surface area contributed by atoms with E-state index >= 15 is 0 Å². The molecule has 1 aliphatic heterocycles. The van der Waals surface area contributed by atoms with Crippen molar-refractivity contribution in [3.63, 3.8) is 0 Å². The molecule has 1 rings (SSSR count). The van der Waals surface area contributed by atoms with Crippen LogP contribution in [0.1, 0.15) is 64.7 Å². The van der Waals surface area contributed by atoms with Gasteiger partial charge in [-0.3, -0.25) is 4.90 Å². The summed E-state index contributed by atoms with van der Waals surface area (Å²) in [6.45, 7) is 6.61. The standard InChI is InChI=1S/C14H29NO/c1-2-3-4-5-6-7-8-9-11-15-12-10-13-16-14-15/h2-14H2,1H3. The third kappa shape index (κ3) is 7.24. The normalized spacial score (nSPS) is 17.8. The third-order valence-corrected chi connectivity index (χ3v) is 3.36. The van der Waals surface area contributed by atoms with Crippen LogP contribution < -0.4 is 0 Å². The van der Waals surface area contributed by atoms with Gasteiger partial charge < -0.3 is 4.74 Å². The first kappa shape index (κ1) is 14.0. The van der Waals surface area contributed by atoms with Gasteiger partial charge in [0.25, 0.3) is 0 Å². The summed E-state index contributed by atoms with van der Waals surface area (Å²) in [5.41, 5.74) is 0. The lowest BCUT2D eigenvalue weighted by Gasteiger charge is -2.26. The minimum absolute atomic E-state index is 0.872. The fourth-order valence-electron chi connectivity index (χ4n) is 2.29. The zero-order chi connectivity index (χ0) is 11.5. The first-order valence-corrected chi connectivity index (χ1v) is 7.23. The zero-order valence-corrected chi connectivity index (χ0v) is 11.0. The number of hydrogen-bond donors (Lipinski definition) is 0. The second-order valence-electron chi connectivity index (χ2n) is 4.98. The Morgan fingerprint density at radius 3 is 2.25 bits per heavy atom. The molecular weight excluding hydrogens is 198 g/mol. The summed E-state index contributed by atoms with van der Waals surface area (Å²) in [6, 6.07) is 0. The Kier molecular flexibility index (Phi) is 8.83. The summed E-state index contributed by atoms with van der Waals surface area (Å²) in [5.74, 6) is 0. The number of hydrogen-bond acceptors (Lipinski definition) is 2. The maximum Gasteiger partial charge on any atom is 0.0990 e. The van der Waals surface area contributed by atoms with Gasteiger partial charge in [-0.05, 0) is 12.8 Å². The fourth-order valence-corrected chi connectivity index (χ4v) is 2.29. The van der Waals surface area contributed by atoms with Crippen molar-refractivity contribution in [1.29, 1.82) is 0 Å². The van der Waals surface area contributed by atoms with Crippen LogP contribution in [-0.4, -0.2) is 31.3 Å². The van der Waals surface area contributed by atoms with Crippen LogP contribution in [0, 0.1) is 0 Å². The smallest absolute Gasteiger partial charge is 0.0990 e. The Morgan fingerprint density at radius 1 is 0.938 bits per heavy atom. The average molecular weight is 227 g/mol. The van der Waals surface area contributed by atoms with Crippen LogP contribution in [0.2, 0.25) is 0 Å². The van der Waals surface area contributed by atoms with Gasteiger partial charge in [-0.2, -0.15) is 0 Å². The van der Waals surface area contributed by atoms with E-state index in [2.05, 4.69) is 11.8 Å². The average Bonchev–Trinajstić information content (AvgIpc) is 2.34. The number of nitrogens with zero attached hydrogens (tertiary/aromatic N) is 1. The molecule has 0 saturated carbocycles. The molecule has 1 fully saturated rings. The van der Waals surface area contributed by atoms with Gasteiger partial charge in [-0.25, -0.2) is 0 Å². The Morgan fingerprint density at radius 2 is 1.62 bits per heavy atom. The van der Waals surface area contributed by atoms with Crippen LogP contribution in [0.15, 0.2) is 0 Å². The van der Waals surface area contributed by atoms with E-state index in [4.69, 9.17) is 4.74 Å². The molecule has 0 aromatic heterocycles. The summed E-state index contributed by atoms with van der Waals surface area (Å²) >= 11 is 0. The number of rotatable bonds is 9. The van der Waals surface area contributed by atoms with Gasteiger partial charge >= 0.3 is 0 Å². The van der Waals surface area contributed by atoms with E-state index in [0.717, 1.165) is 13.3 Å². The summed E-state index contributed by atoms with van der Waals surface area (Å²) in [4.78, 5) is 2.45. The molecule has 0 atom stereocenters. The van der Waals surface area contributed by atoms with E-state index in [1.54, 1.807) is 0 Å². The van der Waals surface area contributed by atoms with Crippen LogP contribution in [-0.2, 0) is 4.74 Å². The molecule has 16 heavy (non-hydrogen) atoms. The lowest BCUT2D eigenvalue weighted by Crippen LogP contribution is -2.33. The van der Waals surface area contributed by atoms with Crippen molar-refractivity contribution in [3.05, 3.63) is 0 Å². The first-order chi connectivity index (χ1) is 7.93. The molecule has 0 N–H and O–H groups in total. The summed E-state index contributed by atoms with van der Waals surface area (Å²) in [6.07, 6.45) is 12.5. The van der Waals surface area contributed by atoms with E-state index in [1.807, 2.05) is 0 Å². The predicted molar refractivity (Wildman–Crippen MR) is 69.6 cm³/mol. The van der Waals surface area contributed by atoms with Crippen LogP contribution in [0.3, 0.4) is 0 Å². The quantitative estimate of drug-likeness (QED) is 0.555. The Hall–Kier alpha value is -0.0800. The molecule has 2 heteroatoms. The summed E-state index contributed by atoms with van der Waals surface area (Å²) in [5, 5.41) is 0. The summed E-state index contributed by atoms with van der Waals surface area (Å²) in [7, 11) is 0. The topological polar surface area (TPSA) is 12.5 Å². The molecule has 96 valence electrons. The molecule has 2 nitrogen and oxygen atoms in total. The lowest BCUT2D eigenvalue weighted by atomic mass is 10.1. The van der Waals surface area contributed by atoms with Gasteiger partial charge in [-0.15, -0.1) is 0 Å². The molecule has 0 unspecified atom stereocenters. The van der Waals surface area contributed by atoms with E-state index in [1.165, 1.54) is 70.9 Å². The maximum atomic E-state index is 5.43. The van der Waals surface area contributed by atoms with Crippen molar-refractivity contribution in [2.75, 3.05) is 26.4 Å². The monoisotopic (exact) mass is 227 g/mol. The fraction of sp³-hybridized carbons (Fsp3) is 1.00. The highest BCUT2D eigenvalue weighted by Gasteiger charge is 2.08. The molecular formula is C14H29NO. The van der Waals surface area contributed by atoms with E-state index < -0.39 is 0 Å². The van der Waals surface area contributed by atoms with Crippen molar-refractivity contribution >= 4 is 0 Å². The Labute approximate surface area is 101 Å². The largest absolute Gasteiger partial charge is 0.366 e. The number of unbranched alkanes of at least 4 members (excludes halogenated alkanes) is 7. The molecule has 0 amide bonds. The van der Waals surface area contributed by atoms with Gasteiger partial charge in [0.05, 0.1) is 6.73 Å². The van der Waals surface area contributed by atoms with Gasteiger partial charge in [0.15, 0.2) is 0 Å². The predicted octanol–water partition coefficient (Wildman–Crippen LogP) is 3.81. The molecule has 0 radical (unpaired) electrons. The zero-order valence-electron chi connectivity index (χ0n) is 11.0. The molecule has 0 bridgehead atoms. The van der Waals surface area contributed by atoms with E-state index in [0.29, 0.717) is 0 Å². The Balaban J connectivity index is 1.77.